The summed E-state index contributed by atoms with van der Waals surface area (Å²) in [5.74, 6) is 0. The first-order valence-corrected chi connectivity index (χ1v) is 9.44. The van der Waals surface area contributed by atoms with E-state index in [2.05, 4.69) is 5.32 Å². The second-order valence-electron chi connectivity index (χ2n) is 5.94. The summed E-state index contributed by atoms with van der Waals surface area (Å²) in [6, 6.07) is 14.7. The second kappa shape index (κ2) is 7.25. The highest BCUT2D eigenvalue weighted by Crippen LogP contribution is 2.25. The van der Waals surface area contributed by atoms with Crippen LogP contribution in [0.3, 0.4) is 0 Å². The average Bonchev–Trinajstić information content (AvgIpc) is 2.52. The molecule has 2 aromatic carbocycles. The predicted molar refractivity (Wildman–Crippen MR) is 92.3 cm³/mol. The lowest BCUT2D eigenvalue weighted by atomic mass is 9.97. The van der Waals surface area contributed by atoms with E-state index in [9.17, 15) is 13.5 Å². The van der Waals surface area contributed by atoms with E-state index in [1.807, 2.05) is 44.2 Å². The molecule has 0 bridgehead atoms. The quantitative estimate of drug-likeness (QED) is 0.852. The Balaban J connectivity index is 2.47. The van der Waals surface area contributed by atoms with E-state index < -0.39 is 9.84 Å². The largest absolute Gasteiger partial charge is 0.395 e. The molecular formula is C18H23NO3S. The van der Waals surface area contributed by atoms with Crippen LogP contribution in [0.15, 0.2) is 53.4 Å². The molecule has 0 fully saturated rings. The molecular weight excluding hydrogens is 310 g/mol. The van der Waals surface area contributed by atoms with Crippen molar-refractivity contribution in [3.63, 3.8) is 0 Å². The van der Waals surface area contributed by atoms with Crippen LogP contribution in [0.25, 0.3) is 0 Å². The predicted octanol–water partition coefficient (Wildman–Crippen LogP) is 2.46. The van der Waals surface area contributed by atoms with Gasteiger partial charge in [0.2, 0.25) is 0 Å². The fourth-order valence-electron chi connectivity index (χ4n) is 2.41. The standard InChI is InChI=1S/C18H23NO3S/c1-13-7-9-15(10-8-13)18(19-14(2)12-20)16-5-4-6-17(11-16)23(3,21)22/h4-11,14,18-20H,12H2,1-3H3. The van der Waals surface area contributed by atoms with Crippen LogP contribution >= 0.6 is 0 Å². The van der Waals surface area contributed by atoms with Crippen LogP contribution in [-0.4, -0.2) is 32.4 Å². The Morgan fingerprint density at radius 3 is 2.30 bits per heavy atom. The van der Waals surface area contributed by atoms with Crippen LogP contribution in [-0.2, 0) is 9.84 Å². The minimum absolute atomic E-state index is 0.00806. The molecule has 0 radical (unpaired) electrons. The Labute approximate surface area is 138 Å². The van der Waals surface area contributed by atoms with Gasteiger partial charge in [0.1, 0.15) is 0 Å². The van der Waals surface area contributed by atoms with Crippen LogP contribution in [0, 0.1) is 6.92 Å². The molecule has 2 atom stereocenters. The normalized spacial score (nSPS) is 14.4. The highest BCUT2D eigenvalue weighted by molar-refractivity contribution is 7.90. The molecule has 0 saturated heterocycles. The Morgan fingerprint density at radius 2 is 1.74 bits per heavy atom. The zero-order chi connectivity index (χ0) is 17.0. The van der Waals surface area contributed by atoms with E-state index in [1.54, 1.807) is 18.2 Å². The molecule has 0 heterocycles. The molecule has 2 unspecified atom stereocenters. The van der Waals surface area contributed by atoms with Gasteiger partial charge < -0.3 is 10.4 Å². The van der Waals surface area contributed by atoms with Crippen LogP contribution < -0.4 is 5.32 Å². The van der Waals surface area contributed by atoms with Crippen molar-refractivity contribution in [3.8, 4) is 0 Å². The van der Waals surface area contributed by atoms with E-state index in [-0.39, 0.29) is 18.7 Å². The van der Waals surface area contributed by atoms with Gasteiger partial charge in [-0.3, -0.25) is 0 Å². The van der Waals surface area contributed by atoms with E-state index in [4.69, 9.17) is 0 Å². The molecule has 23 heavy (non-hydrogen) atoms. The molecule has 2 N–H and O–H groups in total. The van der Waals surface area contributed by atoms with Gasteiger partial charge in [0.25, 0.3) is 0 Å². The third-order valence-electron chi connectivity index (χ3n) is 3.76. The second-order valence-corrected chi connectivity index (χ2v) is 7.95. The van der Waals surface area contributed by atoms with Crippen molar-refractivity contribution in [1.82, 2.24) is 5.32 Å². The third kappa shape index (κ3) is 4.64. The maximum absolute atomic E-state index is 11.8. The summed E-state index contributed by atoms with van der Waals surface area (Å²) < 4.78 is 23.6. The van der Waals surface area contributed by atoms with E-state index >= 15 is 0 Å². The van der Waals surface area contributed by atoms with Gasteiger partial charge in [0.15, 0.2) is 9.84 Å². The SMILES string of the molecule is Cc1ccc(C(NC(C)CO)c2cccc(S(C)(=O)=O)c2)cc1. The molecule has 0 spiro atoms. The van der Waals surface area contributed by atoms with E-state index in [0.29, 0.717) is 4.90 Å². The van der Waals surface area contributed by atoms with Gasteiger partial charge in [-0.15, -0.1) is 0 Å². The first-order chi connectivity index (χ1) is 10.8. The number of hydrogen-bond acceptors (Lipinski definition) is 4. The van der Waals surface area contributed by atoms with Gasteiger partial charge in [-0.2, -0.15) is 0 Å². The molecule has 0 aromatic heterocycles. The summed E-state index contributed by atoms with van der Waals surface area (Å²) in [5.41, 5.74) is 3.05. The lowest BCUT2D eigenvalue weighted by Gasteiger charge is -2.24. The van der Waals surface area contributed by atoms with Gasteiger partial charge in [0, 0.05) is 12.3 Å². The number of benzene rings is 2. The van der Waals surface area contributed by atoms with Gasteiger partial charge in [-0.05, 0) is 37.1 Å². The maximum Gasteiger partial charge on any atom is 0.175 e. The Hall–Kier alpha value is -1.69. The molecule has 0 saturated carbocycles. The fourth-order valence-corrected chi connectivity index (χ4v) is 3.08. The molecule has 0 amide bonds. The van der Waals surface area contributed by atoms with Crippen LogP contribution in [0.5, 0.6) is 0 Å². The van der Waals surface area contributed by atoms with E-state index in [1.165, 1.54) is 6.26 Å². The molecule has 0 aliphatic carbocycles. The first kappa shape index (κ1) is 17.7. The number of aliphatic hydroxyl groups is 1. The number of rotatable bonds is 6. The third-order valence-corrected chi connectivity index (χ3v) is 4.87. The molecule has 4 nitrogen and oxygen atoms in total. The van der Waals surface area contributed by atoms with Crippen LogP contribution in [0.4, 0.5) is 0 Å². The average molecular weight is 333 g/mol. The minimum atomic E-state index is -3.26. The van der Waals surface area contributed by atoms with Crippen molar-refractivity contribution in [1.29, 1.82) is 0 Å². The molecule has 0 aliphatic heterocycles. The highest BCUT2D eigenvalue weighted by atomic mass is 32.2. The Kier molecular flexibility index (Phi) is 5.57. The number of aliphatic hydroxyl groups excluding tert-OH is 1. The van der Waals surface area contributed by atoms with Crippen molar-refractivity contribution in [3.05, 3.63) is 65.2 Å². The van der Waals surface area contributed by atoms with Crippen molar-refractivity contribution >= 4 is 9.84 Å². The number of aryl methyl sites for hydroxylation is 1. The fraction of sp³-hybridized carbons (Fsp3) is 0.333. The van der Waals surface area contributed by atoms with E-state index in [0.717, 1.165) is 16.7 Å². The number of nitrogens with one attached hydrogen (secondary N) is 1. The molecule has 5 heteroatoms. The Morgan fingerprint density at radius 1 is 1.09 bits per heavy atom. The van der Waals surface area contributed by atoms with Crippen molar-refractivity contribution in [2.24, 2.45) is 0 Å². The maximum atomic E-state index is 11.8. The van der Waals surface area contributed by atoms with Crippen LogP contribution in [0.2, 0.25) is 0 Å². The molecule has 124 valence electrons. The lowest BCUT2D eigenvalue weighted by Crippen LogP contribution is -2.33. The number of sulfone groups is 1. The van der Waals surface area contributed by atoms with Gasteiger partial charge in [-0.25, -0.2) is 8.42 Å². The van der Waals surface area contributed by atoms with Crippen molar-refractivity contribution < 1.29 is 13.5 Å². The zero-order valence-electron chi connectivity index (χ0n) is 13.7. The zero-order valence-corrected chi connectivity index (χ0v) is 14.5. The van der Waals surface area contributed by atoms with Crippen molar-refractivity contribution in [2.45, 2.75) is 30.8 Å². The molecule has 2 rings (SSSR count). The first-order valence-electron chi connectivity index (χ1n) is 7.54. The Bertz CT molecular complexity index is 754. The van der Waals surface area contributed by atoms with Crippen LogP contribution in [0.1, 0.15) is 29.7 Å². The van der Waals surface area contributed by atoms with Gasteiger partial charge in [-0.1, -0.05) is 42.0 Å². The number of hydrogen-bond donors (Lipinski definition) is 2. The lowest BCUT2D eigenvalue weighted by molar-refractivity contribution is 0.245. The summed E-state index contributed by atoms with van der Waals surface area (Å²) in [6.45, 7) is 3.92. The molecule has 0 aliphatic rings. The summed E-state index contributed by atoms with van der Waals surface area (Å²) >= 11 is 0. The summed E-state index contributed by atoms with van der Waals surface area (Å²) in [7, 11) is -3.26. The topological polar surface area (TPSA) is 66.4 Å². The smallest absolute Gasteiger partial charge is 0.175 e. The minimum Gasteiger partial charge on any atom is -0.395 e. The summed E-state index contributed by atoms with van der Waals surface area (Å²) in [4.78, 5) is 0.297. The summed E-state index contributed by atoms with van der Waals surface area (Å²) in [5, 5.41) is 12.7. The van der Waals surface area contributed by atoms with Crippen molar-refractivity contribution in [2.75, 3.05) is 12.9 Å². The van der Waals surface area contributed by atoms with Gasteiger partial charge >= 0.3 is 0 Å². The van der Waals surface area contributed by atoms with Gasteiger partial charge in [0.05, 0.1) is 17.5 Å². The monoisotopic (exact) mass is 333 g/mol. The molecule has 2 aromatic rings. The summed E-state index contributed by atoms with van der Waals surface area (Å²) in [6.07, 6.45) is 1.21. The highest BCUT2D eigenvalue weighted by Gasteiger charge is 2.18.